The zero-order valence-electron chi connectivity index (χ0n) is 13.5. The maximum atomic E-state index is 12.7. The van der Waals surface area contributed by atoms with Crippen molar-refractivity contribution in [2.24, 2.45) is 17.8 Å². The van der Waals surface area contributed by atoms with Crippen molar-refractivity contribution >= 4 is 6.03 Å². The summed E-state index contributed by atoms with van der Waals surface area (Å²) < 4.78 is 0. The second-order valence-corrected chi connectivity index (χ2v) is 8.22. The molecule has 0 unspecified atom stereocenters. The molecule has 0 atom stereocenters. The van der Waals surface area contributed by atoms with Gasteiger partial charge in [-0.3, -0.25) is 0 Å². The lowest BCUT2D eigenvalue weighted by atomic mass is 9.53. The van der Waals surface area contributed by atoms with Crippen LogP contribution in [0.3, 0.4) is 0 Å². The van der Waals surface area contributed by atoms with E-state index in [0.29, 0.717) is 0 Å². The van der Waals surface area contributed by atoms with Gasteiger partial charge in [0.25, 0.3) is 0 Å². The fraction of sp³-hybridized carbons (Fsp3) is 0.941. The minimum atomic E-state index is 0.133. The molecular formula is C17H30N2O. The fourth-order valence-corrected chi connectivity index (χ4v) is 5.62. The maximum absolute atomic E-state index is 12.7. The number of nitrogens with one attached hydrogen (secondary N) is 1. The van der Waals surface area contributed by atoms with E-state index in [1.54, 1.807) is 0 Å². The van der Waals surface area contributed by atoms with Gasteiger partial charge < -0.3 is 10.2 Å². The van der Waals surface area contributed by atoms with Gasteiger partial charge in [0, 0.05) is 17.6 Å². The highest BCUT2D eigenvalue weighted by atomic mass is 16.2. The molecule has 0 aromatic carbocycles. The van der Waals surface area contributed by atoms with Crippen LogP contribution in [-0.2, 0) is 0 Å². The summed E-state index contributed by atoms with van der Waals surface area (Å²) in [5, 5.41) is 3.47. The molecule has 114 valence electrons. The third kappa shape index (κ3) is 2.44. The average molecular weight is 278 g/mol. The summed E-state index contributed by atoms with van der Waals surface area (Å²) in [6, 6.07) is 0.699. The summed E-state index contributed by atoms with van der Waals surface area (Å²) in [5.74, 6) is 2.65. The lowest BCUT2D eigenvalue weighted by molar-refractivity contribution is -0.0167. The Kier molecular flexibility index (Phi) is 3.50. The van der Waals surface area contributed by atoms with Crippen LogP contribution in [0.25, 0.3) is 0 Å². The standard InChI is InChI=1S/C17H30N2O/c1-11(2)19(12(3)4)16(20)18-17-8-13-5-14(9-17)7-15(6-13)10-17/h11-15H,5-10H2,1-4H3,(H,18,20). The smallest absolute Gasteiger partial charge is 0.318 e. The molecule has 4 bridgehead atoms. The van der Waals surface area contributed by atoms with Crippen molar-refractivity contribution in [3.8, 4) is 0 Å². The molecule has 4 fully saturated rings. The van der Waals surface area contributed by atoms with Gasteiger partial charge in [-0.2, -0.15) is 0 Å². The Morgan fingerprint density at radius 2 is 1.35 bits per heavy atom. The van der Waals surface area contributed by atoms with Crippen molar-refractivity contribution < 1.29 is 4.79 Å². The third-order valence-electron chi connectivity index (χ3n) is 5.76. The van der Waals surface area contributed by atoms with Crippen LogP contribution in [0.15, 0.2) is 0 Å². The monoisotopic (exact) mass is 278 g/mol. The van der Waals surface area contributed by atoms with E-state index in [4.69, 9.17) is 0 Å². The van der Waals surface area contributed by atoms with Gasteiger partial charge in [0.15, 0.2) is 0 Å². The number of rotatable bonds is 3. The molecule has 4 aliphatic rings. The molecule has 4 rings (SSSR count). The third-order valence-corrected chi connectivity index (χ3v) is 5.76. The minimum Gasteiger partial charge on any atom is -0.333 e. The highest BCUT2D eigenvalue weighted by molar-refractivity contribution is 5.75. The van der Waals surface area contributed by atoms with Crippen LogP contribution >= 0.6 is 0 Å². The predicted molar refractivity (Wildman–Crippen MR) is 81.5 cm³/mol. The lowest BCUT2D eigenvalue weighted by Gasteiger charge is -2.57. The number of amides is 2. The van der Waals surface area contributed by atoms with Crippen molar-refractivity contribution in [3.05, 3.63) is 0 Å². The molecule has 0 aromatic heterocycles. The van der Waals surface area contributed by atoms with Crippen LogP contribution in [-0.4, -0.2) is 28.6 Å². The molecule has 0 heterocycles. The molecule has 0 aromatic rings. The predicted octanol–water partition coefficient (Wildman–Crippen LogP) is 3.78. The first kappa shape index (κ1) is 14.2. The molecule has 0 spiro atoms. The van der Waals surface area contributed by atoms with E-state index < -0.39 is 0 Å². The second kappa shape index (κ2) is 4.92. The number of nitrogens with zero attached hydrogens (tertiary/aromatic N) is 1. The van der Waals surface area contributed by atoms with Crippen LogP contribution in [0.4, 0.5) is 4.79 Å². The molecule has 2 amide bonds. The number of hydrogen-bond donors (Lipinski definition) is 1. The zero-order valence-corrected chi connectivity index (χ0v) is 13.5. The van der Waals surface area contributed by atoms with Gasteiger partial charge in [0.2, 0.25) is 0 Å². The van der Waals surface area contributed by atoms with Crippen LogP contribution in [0.2, 0.25) is 0 Å². The van der Waals surface area contributed by atoms with Gasteiger partial charge in [-0.25, -0.2) is 4.79 Å². The van der Waals surface area contributed by atoms with E-state index in [-0.39, 0.29) is 23.7 Å². The fourth-order valence-electron chi connectivity index (χ4n) is 5.62. The Labute approximate surface area is 123 Å². The first-order chi connectivity index (χ1) is 9.38. The summed E-state index contributed by atoms with van der Waals surface area (Å²) in [6.07, 6.45) is 7.96. The summed E-state index contributed by atoms with van der Waals surface area (Å²) in [4.78, 5) is 14.7. The van der Waals surface area contributed by atoms with Crippen molar-refractivity contribution in [1.82, 2.24) is 10.2 Å². The Morgan fingerprint density at radius 1 is 0.950 bits per heavy atom. The summed E-state index contributed by atoms with van der Waals surface area (Å²) >= 11 is 0. The van der Waals surface area contributed by atoms with E-state index >= 15 is 0 Å². The molecule has 4 aliphatic carbocycles. The Hall–Kier alpha value is -0.730. The quantitative estimate of drug-likeness (QED) is 0.837. The molecule has 0 radical (unpaired) electrons. The van der Waals surface area contributed by atoms with Crippen molar-refractivity contribution in [1.29, 1.82) is 0 Å². The van der Waals surface area contributed by atoms with Crippen LogP contribution < -0.4 is 5.32 Å². The van der Waals surface area contributed by atoms with Gasteiger partial charge in [-0.15, -0.1) is 0 Å². The molecule has 0 saturated heterocycles. The summed E-state index contributed by atoms with van der Waals surface area (Å²) in [6.45, 7) is 8.44. The highest BCUT2D eigenvalue weighted by Crippen LogP contribution is 2.55. The van der Waals surface area contributed by atoms with Crippen LogP contribution in [0.5, 0.6) is 0 Å². The Bertz CT molecular complexity index is 345. The Morgan fingerprint density at radius 3 is 1.70 bits per heavy atom. The first-order valence-electron chi connectivity index (χ1n) is 8.49. The van der Waals surface area contributed by atoms with E-state index in [1.165, 1.54) is 38.5 Å². The van der Waals surface area contributed by atoms with Gasteiger partial charge >= 0.3 is 6.03 Å². The second-order valence-electron chi connectivity index (χ2n) is 8.22. The number of carbonyl (C=O) groups is 1. The minimum absolute atomic E-state index is 0.133. The largest absolute Gasteiger partial charge is 0.333 e. The van der Waals surface area contributed by atoms with Crippen LogP contribution in [0, 0.1) is 17.8 Å². The van der Waals surface area contributed by atoms with E-state index in [9.17, 15) is 4.79 Å². The van der Waals surface area contributed by atoms with Crippen LogP contribution in [0.1, 0.15) is 66.2 Å². The van der Waals surface area contributed by atoms with E-state index in [0.717, 1.165) is 17.8 Å². The summed E-state index contributed by atoms with van der Waals surface area (Å²) in [7, 11) is 0. The highest BCUT2D eigenvalue weighted by Gasteiger charge is 2.51. The Balaban J connectivity index is 1.72. The first-order valence-corrected chi connectivity index (χ1v) is 8.49. The number of urea groups is 1. The molecule has 4 saturated carbocycles. The van der Waals surface area contributed by atoms with Gasteiger partial charge in [0.1, 0.15) is 0 Å². The molecule has 0 aliphatic heterocycles. The van der Waals surface area contributed by atoms with Crippen molar-refractivity contribution in [2.45, 2.75) is 83.8 Å². The van der Waals surface area contributed by atoms with Crippen molar-refractivity contribution in [3.63, 3.8) is 0 Å². The topological polar surface area (TPSA) is 32.3 Å². The molecule has 3 nitrogen and oxygen atoms in total. The lowest BCUT2D eigenvalue weighted by Crippen LogP contribution is -2.63. The van der Waals surface area contributed by atoms with E-state index in [2.05, 4.69) is 33.0 Å². The van der Waals surface area contributed by atoms with Crippen molar-refractivity contribution in [2.75, 3.05) is 0 Å². The molecular weight excluding hydrogens is 248 g/mol. The van der Waals surface area contributed by atoms with Gasteiger partial charge in [0.05, 0.1) is 0 Å². The normalized spacial score (nSPS) is 38.6. The molecule has 20 heavy (non-hydrogen) atoms. The number of hydrogen-bond acceptors (Lipinski definition) is 1. The molecule has 1 N–H and O–H groups in total. The van der Waals surface area contributed by atoms with Gasteiger partial charge in [-0.1, -0.05) is 0 Å². The maximum Gasteiger partial charge on any atom is 0.318 e. The van der Waals surface area contributed by atoms with E-state index in [1.807, 2.05) is 4.90 Å². The summed E-state index contributed by atoms with van der Waals surface area (Å²) in [5.41, 5.74) is 0.133. The van der Waals surface area contributed by atoms with Gasteiger partial charge in [-0.05, 0) is 84.0 Å². The SMILES string of the molecule is CC(C)N(C(=O)NC12CC3CC(CC(C3)C1)C2)C(C)C. The molecule has 3 heteroatoms. The number of carbonyl (C=O) groups excluding carboxylic acids is 1. The zero-order chi connectivity index (χ0) is 14.5. The average Bonchev–Trinajstić information content (AvgIpc) is 2.23.